The third kappa shape index (κ3) is 3.88. The summed E-state index contributed by atoms with van der Waals surface area (Å²) in [4.78, 5) is 15.9. The van der Waals surface area contributed by atoms with Crippen molar-refractivity contribution >= 4 is 17.2 Å². The van der Waals surface area contributed by atoms with Crippen LogP contribution in [-0.4, -0.2) is 16.8 Å². The van der Waals surface area contributed by atoms with Crippen molar-refractivity contribution in [1.82, 2.24) is 4.90 Å². The SMILES string of the molecule is O=C(CCc1ccc(-c2ccccc2F)o1)N(Cc1cccs1)C1CC1. The summed E-state index contributed by atoms with van der Waals surface area (Å²) >= 11 is 1.68. The molecule has 1 amide bonds. The van der Waals surface area contributed by atoms with E-state index in [1.54, 1.807) is 35.6 Å². The van der Waals surface area contributed by atoms with Crippen LogP contribution in [-0.2, 0) is 17.8 Å². The van der Waals surface area contributed by atoms with Gasteiger partial charge in [0.2, 0.25) is 5.91 Å². The highest BCUT2D eigenvalue weighted by Crippen LogP contribution is 2.30. The van der Waals surface area contributed by atoms with Gasteiger partial charge in [-0.15, -0.1) is 11.3 Å². The fourth-order valence-electron chi connectivity index (χ4n) is 3.07. The molecule has 0 atom stereocenters. The van der Waals surface area contributed by atoms with Crippen molar-refractivity contribution in [1.29, 1.82) is 0 Å². The molecule has 1 fully saturated rings. The minimum absolute atomic E-state index is 0.157. The molecule has 0 N–H and O–H groups in total. The van der Waals surface area contributed by atoms with Crippen LogP contribution in [0.2, 0.25) is 0 Å². The lowest BCUT2D eigenvalue weighted by atomic mass is 10.1. The number of aryl methyl sites for hydroxylation is 1. The second-order valence-corrected chi connectivity index (χ2v) is 7.61. The van der Waals surface area contributed by atoms with Crippen molar-refractivity contribution in [3.63, 3.8) is 0 Å². The number of carbonyl (C=O) groups is 1. The lowest BCUT2D eigenvalue weighted by Crippen LogP contribution is -2.32. The first kappa shape index (κ1) is 17.0. The lowest BCUT2D eigenvalue weighted by molar-refractivity contribution is -0.132. The number of rotatable bonds is 7. The van der Waals surface area contributed by atoms with E-state index in [1.807, 2.05) is 22.4 Å². The molecule has 0 bridgehead atoms. The van der Waals surface area contributed by atoms with E-state index in [0.29, 0.717) is 42.5 Å². The van der Waals surface area contributed by atoms with E-state index in [4.69, 9.17) is 4.42 Å². The summed E-state index contributed by atoms with van der Waals surface area (Å²) in [5.74, 6) is 1.07. The van der Waals surface area contributed by atoms with Gasteiger partial charge in [0.05, 0.1) is 12.1 Å². The van der Waals surface area contributed by atoms with Crippen molar-refractivity contribution in [3.8, 4) is 11.3 Å². The maximum Gasteiger partial charge on any atom is 0.223 e. The first-order chi connectivity index (χ1) is 12.7. The number of hydrogen-bond donors (Lipinski definition) is 0. The van der Waals surface area contributed by atoms with Crippen LogP contribution in [0.15, 0.2) is 58.3 Å². The second kappa shape index (κ2) is 7.46. The van der Waals surface area contributed by atoms with Crippen molar-refractivity contribution in [2.45, 2.75) is 38.3 Å². The molecule has 1 aliphatic rings. The van der Waals surface area contributed by atoms with E-state index in [0.717, 1.165) is 12.8 Å². The monoisotopic (exact) mass is 369 g/mol. The van der Waals surface area contributed by atoms with Crippen LogP contribution in [0.25, 0.3) is 11.3 Å². The zero-order valence-electron chi connectivity index (χ0n) is 14.4. The van der Waals surface area contributed by atoms with Gasteiger partial charge in [-0.2, -0.15) is 0 Å². The summed E-state index contributed by atoms with van der Waals surface area (Å²) < 4.78 is 19.6. The number of nitrogens with zero attached hydrogens (tertiary/aromatic N) is 1. The third-order valence-electron chi connectivity index (χ3n) is 4.60. The van der Waals surface area contributed by atoms with E-state index >= 15 is 0 Å². The van der Waals surface area contributed by atoms with E-state index in [-0.39, 0.29) is 11.7 Å². The summed E-state index contributed by atoms with van der Waals surface area (Å²) in [5.41, 5.74) is 0.447. The first-order valence-electron chi connectivity index (χ1n) is 8.86. The number of carbonyl (C=O) groups excluding carboxylic acids is 1. The number of thiophene rings is 1. The number of furan rings is 1. The van der Waals surface area contributed by atoms with Gasteiger partial charge in [0.15, 0.2) is 0 Å². The number of amides is 1. The Morgan fingerprint density at radius 1 is 1.15 bits per heavy atom. The van der Waals surface area contributed by atoms with Crippen LogP contribution in [0.3, 0.4) is 0 Å². The fourth-order valence-corrected chi connectivity index (χ4v) is 3.77. The van der Waals surface area contributed by atoms with E-state index < -0.39 is 0 Å². The Labute approximate surface area is 156 Å². The van der Waals surface area contributed by atoms with Gasteiger partial charge < -0.3 is 9.32 Å². The molecule has 26 heavy (non-hydrogen) atoms. The number of benzene rings is 1. The summed E-state index contributed by atoms with van der Waals surface area (Å²) in [6, 6.07) is 14.6. The predicted octanol–water partition coefficient (Wildman–Crippen LogP) is 5.27. The molecular formula is C21H20FNO2S. The summed E-state index contributed by atoms with van der Waals surface area (Å²) in [6.07, 6.45) is 3.12. The van der Waals surface area contributed by atoms with Crippen LogP contribution < -0.4 is 0 Å². The van der Waals surface area contributed by atoms with Crippen LogP contribution >= 0.6 is 11.3 Å². The zero-order chi connectivity index (χ0) is 17.9. The molecule has 3 nitrogen and oxygen atoms in total. The second-order valence-electron chi connectivity index (χ2n) is 6.58. The Hall–Kier alpha value is -2.40. The standard InChI is InChI=1S/C21H20FNO2S/c22-19-6-2-1-5-18(19)20-11-9-16(25-20)10-12-21(24)23(15-7-8-15)14-17-4-3-13-26-17/h1-6,9,11,13,15H,7-8,10,12,14H2. The molecular weight excluding hydrogens is 349 g/mol. The Balaban J connectivity index is 1.39. The zero-order valence-corrected chi connectivity index (χ0v) is 15.2. The maximum absolute atomic E-state index is 13.9. The number of halogens is 1. The molecule has 0 unspecified atom stereocenters. The smallest absolute Gasteiger partial charge is 0.223 e. The molecule has 1 saturated carbocycles. The average Bonchev–Trinajstić information content (AvgIpc) is 3.16. The van der Waals surface area contributed by atoms with Gasteiger partial charge in [0, 0.05) is 23.8 Å². The van der Waals surface area contributed by atoms with Gasteiger partial charge in [0.25, 0.3) is 0 Å². The Morgan fingerprint density at radius 3 is 2.73 bits per heavy atom. The molecule has 134 valence electrons. The highest BCUT2D eigenvalue weighted by atomic mass is 32.1. The van der Waals surface area contributed by atoms with Crippen LogP contribution in [0.4, 0.5) is 4.39 Å². The average molecular weight is 369 g/mol. The van der Waals surface area contributed by atoms with Gasteiger partial charge in [0.1, 0.15) is 17.3 Å². The van der Waals surface area contributed by atoms with E-state index in [2.05, 4.69) is 6.07 Å². The molecule has 5 heteroatoms. The van der Waals surface area contributed by atoms with Crippen LogP contribution in [0.1, 0.15) is 29.9 Å². The topological polar surface area (TPSA) is 33.5 Å². The van der Waals surface area contributed by atoms with Gasteiger partial charge in [-0.3, -0.25) is 4.79 Å². The maximum atomic E-state index is 13.9. The molecule has 0 radical (unpaired) electrons. The predicted molar refractivity (Wildman–Crippen MR) is 100 cm³/mol. The largest absolute Gasteiger partial charge is 0.461 e. The van der Waals surface area contributed by atoms with Crippen molar-refractivity contribution < 1.29 is 13.6 Å². The highest BCUT2D eigenvalue weighted by molar-refractivity contribution is 7.09. The first-order valence-corrected chi connectivity index (χ1v) is 9.74. The summed E-state index contributed by atoms with van der Waals surface area (Å²) in [7, 11) is 0. The van der Waals surface area contributed by atoms with Crippen molar-refractivity contribution in [2.75, 3.05) is 0 Å². The number of hydrogen-bond acceptors (Lipinski definition) is 3. The van der Waals surface area contributed by atoms with Crippen LogP contribution in [0.5, 0.6) is 0 Å². The highest BCUT2D eigenvalue weighted by Gasteiger charge is 2.32. The molecule has 0 saturated heterocycles. The van der Waals surface area contributed by atoms with Crippen LogP contribution in [0, 0.1) is 5.82 Å². The molecule has 1 aromatic carbocycles. The summed E-state index contributed by atoms with van der Waals surface area (Å²) in [6.45, 7) is 0.694. The van der Waals surface area contributed by atoms with Gasteiger partial charge in [-0.25, -0.2) is 4.39 Å². The molecule has 0 aliphatic heterocycles. The third-order valence-corrected chi connectivity index (χ3v) is 5.46. The Bertz CT molecular complexity index is 883. The minimum Gasteiger partial charge on any atom is -0.461 e. The van der Waals surface area contributed by atoms with Gasteiger partial charge >= 0.3 is 0 Å². The Morgan fingerprint density at radius 2 is 2.00 bits per heavy atom. The van der Waals surface area contributed by atoms with E-state index in [9.17, 15) is 9.18 Å². The lowest BCUT2D eigenvalue weighted by Gasteiger charge is -2.21. The molecule has 4 rings (SSSR count). The quantitative estimate of drug-likeness (QED) is 0.568. The van der Waals surface area contributed by atoms with Gasteiger partial charge in [-0.1, -0.05) is 18.2 Å². The van der Waals surface area contributed by atoms with Gasteiger partial charge in [-0.05, 0) is 48.6 Å². The normalized spacial score (nSPS) is 13.7. The fraction of sp³-hybridized carbons (Fsp3) is 0.286. The van der Waals surface area contributed by atoms with E-state index in [1.165, 1.54) is 10.9 Å². The summed E-state index contributed by atoms with van der Waals surface area (Å²) in [5, 5.41) is 2.04. The molecule has 3 aromatic rings. The van der Waals surface area contributed by atoms with Crippen molar-refractivity contribution in [3.05, 3.63) is 70.4 Å². The molecule has 0 spiro atoms. The van der Waals surface area contributed by atoms with Crippen molar-refractivity contribution in [2.24, 2.45) is 0 Å². The molecule has 1 aliphatic carbocycles. The minimum atomic E-state index is -0.305. The molecule has 2 heterocycles. The Kier molecular flexibility index (Phi) is 4.89. The molecule has 2 aromatic heterocycles.